The average molecular weight is 518 g/mol. The van der Waals surface area contributed by atoms with Gasteiger partial charge in [-0.1, -0.05) is 52.0 Å². The van der Waals surface area contributed by atoms with Crippen LogP contribution in [0.25, 0.3) is 10.9 Å². The summed E-state index contributed by atoms with van der Waals surface area (Å²) in [6.07, 6.45) is 1.09. The molecule has 0 spiro atoms. The highest BCUT2D eigenvalue weighted by atomic mass is 16.6. The molecule has 2 aromatic rings. The van der Waals surface area contributed by atoms with Crippen LogP contribution in [-0.4, -0.2) is 70.5 Å². The van der Waals surface area contributed by atoms with Crippen LogP contribution in [0.2, 0.25) is 0 Å². The normalized spacial score (nSPS) is 16.4. The van der Waals surface area contributed by atoms with Gasteiger partial charge in [-0.25, -0.2) is 19.4 Å². The number of aromatic nitrogens is 1. The molecule has 11 heteroatoms. The monoisotopic (exact) mass is 517 g/mol. The van der Waals surface area contributed by atoms with E-state index in [9.17, 15) is 19.2 Å². The number of pyridine rings is 1. The van der Waals surface area contributed by atoms with Gasteiger partial charge in [-0.05, 0) is 36.8 Å². The summed E-state index contributed by atoms with van der Waals surface area (Å²) in [5.41, 5.74) is 0.923. The lowest BCUT2D eigenvalue weighted by atomic mass is 10.0. The molecule has 1 aromatic carbocycles. The number of alkyl carbamates (subject to hydrolysis) is 1. The van der Waals surface area contributed by atoms with Gasteiger partial charge in [0, 0.05) is 12.0 Å². The lowest BCUT2D eigenvalue weighted by Gasteiger charge is -2.18. The molecule has 11 nitrogen and oxygen atoms in total. The molecule has 1 aliphatic rings. The van der Waals surface area contributed by atoms with Crippen LogP contribution in [0.5, 0.6) is 0 Å². The van der Waals surface area contributed by atoms with Crippen LogP contribution in [0.4, 0.5) is 4.79 Å². The van der Waals surface area contributed by atoms with Gasteiger partial charge in [-0.2, -0.15) is 0 Å². The van der Waals surface area contributed by atoms with Crippen LogP contribution in [0.15, 0.2) is 36.4 Å². The van der Waals surface area contributed by atoms with Crippen LogP contribution in [0, 0.1) is 11.8 Å². The minimum atomic E-state index is -1.06. The van der Waals surface area contributed by atoms with Gasteiger partial charge in [-0.15, -0.1) is 0 Å². The number of carboxylic acids is 2. The Morgan fingerprint density at radius 2 is 1.59 bits per heavy atom. The summed E-state index contributed by atoms with van der Waals surface area (Å²) in [4.78, 5) is 49.6. The smallest absolute Gasteiger partial charge is 0.407 e. The van der Waals surface area contributed by atoms with Gasteiger partial charge < -0.3 is 30.3 Å². The van der Waals surface area contributed by atoms with Crippen molar-refractivity contribution in [2.75, 3.05) is 13.2 Å². The Bertz CT molecular complexity index is 1080. The number of carbonyl (C=O) groups is 4. The van der Waals surface area contributed by atoms with E-state index in [-0.39, 0.29) is 30.2 Å². The lowest BCUT2D eigenvalue weighted by molar-refractivity contribution is -0.141. The van der Waals surface area contributed by atoms with E-state index >= 15 is 0 Å². The minimum Gasteiger partial charge on any atom is -0.480 e. The predicted molar refractivity (Wildman–Crippen MR) is 135 cm³/mol. The number of nitrogens with one attached hydrogen (secondary N) is 2. The molecule has 4 N–H and O–H groups in total. The van der Waals surface area contributed by atoms with Crippen molar-refractivity contribution in [1.82, 2.24) is 15.6 Å². The molecule has 37 heavy (non-hydrogen) atoms. The molecule has 0 saturated carbocycles. The summed E-state index contributed by atoms with van der Waals surface area (Å²) < 4.78 is 10.2. The van der Waals surface area contributed by atoms with Gasteiger partial charge in [0.25, 0.3) is 5.91 Å². The van der Waals surface area contributed by atoms with Crippen LogP contribution in [0.3, 0.4) is 0 Å². The number of hydrogen-bond donors (Lipinski definition) is 4. The second-order valence-corrected chi connectivity index (χ2v) is 9.36. The van der Waals surface area contributed by atoms with Gasteiger partial charge in [-0.3, -0.25) is 4.79 Å². The summed E-state index contributed by atoms with van der Waals surface area (Å²) in [5, 5.41) is 23.7. The lowest BCUT2D eigenvalue weighted by Crippen LogP contribution is -2.45. The number of carboxylic acid groups (broad SMARTS) is 2. The van der Waals surface area contributed by atoms with Crippen molar-refractivity contribution < 1.29 is 38.9 Å². The molecule has 0 aliphatic carbocycles. The zero-order valence-electron chi connectivity index (χ0n) is 21.5. The number of aliphatic carboxylic acids is 2. The molecule has 202 valence electrons. The van der Waals surface area contributed by atoms with Crippen molar-refractivity contribution in [3.05, 3.63) is 42.1 Å². The second-order valence-electron chi connectivity index (χ2n) is 9.36. The number of nitrogens with zero attached hydrogens (tertiary/aromatic N) is 1. The number of hydrogen-bond acceptors (Lipinski definition) is 7. The Kier molecular flexibility index (Phi) is 11.3. The summed E-state index contributed by atoms with van der Waals surface area (Å²) >= 11 is 0. The summed E-state index contributed by atoms with van der Waals surface area (Å²) in [6.45, 7) is 7.80. The molecule has 2 heterocycles. The van der Waals surface area contributed by atoms with Gasteiger partial charge in [0.15, 0.2) is 0 Å². The fourth-order valence-corrected chi connectivity index (χ4v) is 3.55. The van der Waals surface area contributed by atoms with E-state index in [1.807, 2.05) is 24.3 Å². The minimum absolute atomic E-state index is 0.0527. The number of ether oxygens (including phenoxy) is 2. The van der Waals surface area contributed by atoms with E-state index in [2.05, 4.69) is 15.6 Å². The van der Waals surface area contributed by atoms with E-state index in [0.717, 1.165) is 18.2 Å². The van der Waals surface area contributed by atoms with Gasteiger partial charge in [0.1, 0.15) is 24.4 Å². The molecule has 0 radical (unpaired) electrons. The highest BCUT2D eigenvalue weighted by molar-refractivity contribution is 5.97. The summed E-state index contributed by atoms with van der Waals surface area (Å²) in [6, 6.07) is 8.98. The van der Waals surface area contributed by atoms with Crippen molar-refractivity contribution in [1.29, 1.82) is 0 Å². The molecule has 3 atom stereocenters. The number of fused-ring (bicyclic) bond motifs is 1. The van der Waals surface area contributed by atoms with Gasteiger partial charge >= 0.3 is 18.0 Å². The first-order valence-electron chi connectivity index (χ1n) is 12.2. The maximum atomic E-state index is 12.1. The largest absolute Gasteiger partial charge is 0.480 e. The third-order valence-electron chi connectivity index (χ3n) is 5.68. The number of amides is 2. The molecular formula is C26H35N3O8. The first-order valence-corrected chi connectivity index (χ1v) is 12.2. The molecule has 1 aliphatic heterocycles. The van der Waals surface area contributed by atoms with E-state index < -0.39 is 36.0 Å². The fraction of sp³-hybridized carbons (Fsp3) is 0.500. The van der Waals surface area contributed by atoms with E-state index in [1.165, 1.54) is 0 Å². The quantitative estimate of drug-likeness (QED) is 0.391. The molecule has 0 bridgehead atoms. The first-order chi connectivity index (χ1) is 17.5. The van der Waals surface area contributed by atoms with Crippen LogP contribution >= 0.6 is 0 Å². The number of carbonyl (C=O) groups excluding carboxylic acids is 2. The highest BCUT2D eigenvalue weighted by Gasteiger charge is 2.26. The zero-order valence-corrected chi connectivity index (χ0v) is 21.5. The van der Waals surface area contributed by atoms with Crippen molar-refractivity contribution >= 4 is 34.8 Å². The second kappa shape index (κ2) is 14.1. The Morgan fingerprint density at radius 3 is 2.16 bits per heavy atom. The molecule has 1 aromatic heterocycles. The number of rotatable bonds is 9. The third kappa shape index (κ3) is 9.34. The van der Waals surface area contributed by atoms with E-state index in [0.29, 0.717) is 12.1 Å². The Morgan fingerprint density at radius 1 is 0.973 bits per heavy atom. The topological polar surface area (TPSA) is 164 Å². The molecular weight excluding hydrogens is 482 g/mol. The maximum absolute atomic E-state index is 12.1. The molecule has 2 amide bonds. The third-order valence-corrected chi connectivity index (χ3v) is 5.68. The van der Waals surface area contributed by atoms with Crippen molar-refractivity contribution in [2.24, 2.45) is 11.8 Å². The SMILES string of the molecule is CC(C)[C@H](NC(=O)OCC1CCCO1)C(=O)O.CC(C)[C@H](NC(=O)c1ccc2ccccc2n1)C(=O)O. The van der Waals surface area contributed by atoms with Crippen molar-refractivity contribution in [2.45, 2.75) is 58.7 Å². The number of benzene rings is 1. The van der Waals surface area contributed by atoms with E-state index in [4.69, 9.17) is 19.7 Å². The average Bonchev–Trinajstić information content (AvgIpc) is 3.37. The van der Waals surface area contributed by atoms with Crippen LogP contribution in [-0.2, 0) is 19.1 Å². The zero-order chi connectivity index (χ0) is 27.5. The highest BCUT2D eigenvalue weighted by Crippen LogP contribution is 2.13. The molecule has 1 fully saturated rings. The van der Waals surface area contributed by atoms with Gasteiger partial charge in [0.2, 0.25) is 0 Å². The van der Waals surface area contributed by atoms with Gasteiger partial charge in [0.05, 0.1) is 11.6 Å². The first kappa shape index (κ1) is 29.5. The number of para-hydroxylation sites is 1. The molecule has 1 unspecified atom stereocenters. The van der Waals surface area contributed by atoms with Crippen LogP contribution in [0.1, 0.15) is 51.0 Å². The van der Waals surface area contributed by atoms with Crippen molar-refractivity contribution in [3.8, 4) is 0 Å². The Balaban J connectivity index is 0.000000264. The standard InChI is InChI=1S/C15H16N2O3.C11H19NO5/c1-9(2)13(15(19)20)17-14(18)12-8-7-10-5-3-4-6-11(10)16-12;1-7(2)9(10(13)14)12-11(15)17-6-8-4-3-5-16-8/h3-9,13H,1-2H3,(H,17,18)(H,19,20);7-9H,3-6H2,1-2H3,(H,12,15)(H,13,14)/t13-;8?,9-/m00/s1. The van der Waals surface area contributed by atoms with E-state index in [1.54, 1.807) is 39.8 Å². The fourth-order valence-electron chi connectivity index (χ4n) is 3.55. The van der Waals surface area contributed by atoms with Crippen LogP contribution < -0.4 is 10.6 Å². The van der Waals surface area contributed by atoms with Crippen molar-refractivity contribution in [3.63, 3.8) is 0 Å². The summed E-state index contributed by atoms with van der Waals surface area (Å²) in [5.74, 6) is -2.97. The maximum Gasteiger partial charge on any atom is 0.407 e. The molecule has 3 rings (SSSR count). The Labute approximate surface area is 215 Å². The Hall–Kier alpha value is -3.73. The summed E-state index contributed by atoms with van der Waals surface area (Å²) in [7, 11) is 0. The predicted octanol–water partition coefficient (Wildman–Crippen LogP) is 3.07. The molecule has 1 saturated heterocycles.